The van der Waals surface area contributed by atoms with Crippen molar-refractivity contribution in [3.63, 3.8) is 0 Å². The molecule has 1 fully saturated rings. The molecule has 176 valence electrons. The Labute approximate surface area is 199 Å². The van der Waals surface area contributed by atoms with Gasteiger partial charge in [-0.2, -0.15) is 0 Å². The van der Waals surface area contributed by atoms with E-state index in [-0.39, 0.29) is 30.2 Å². The second-order valence-corrected chi connectivity index (χ2v) is 8.44. The highest BCUT2D eigenvalue weighted by molar-refractivity contribution is 5.98. The van der Waals surface area contributed by atoms with Crippen LogP contribution in [0.4, 0.5) is 15.8 Å². The molecule has 0 spiro atoms. The number of benzene rings is 3. The lowest BCUT2D eigenvalue weighted by molar-refractivity contribution is -0.122. The Balaban J connectivity index is 1.28. The first-order chi connectivity index (χ1) is 16.5. The molecular formula is C27H29FN4O2. The van der Waals surface area contributed by atoms with Crippen molar-refractivity contribution in [1.82, 2.24) is 9.80 Å². The minimum Gasteiger partial charge on any atom is -0.325 e. The van der Waals surface area contributed by atoms with E-state index in [1.165, 1.54) is 12.1 Å². The van der Waals surface area contributed by atoms with Gasteiger partial charge in [-0.1, -0.05) is 48.5 Å². The summed E-state index contributed by atoms with van der Waals surface area (Å²) < 4.78 is 13.0. The first-order valence-electron chi connectivity index (χ1n) is 11.5. The molecule has 0 radical (unpaired) electrons. The average molecular weight is 461 g/mol. The summed E-state index contributed by atoms with van der Waals surface area (Å²) in [6, 6.07) is 23.2. The maximum Gasteiger partial charge on any atom is 0.241 e. The van der Waals surface area contributed by atoms with Crippen LogP contribution in [0.15, 0.2) is 78.9 Å². The highest BCUT2D eigenvalue weighted by Gasteiger charge is 2.26. The number of halogens is 1. The molecular weight excluding hydrogens is 431 g/mol. The van der Waals surface area contributed by atoms with Crippen LogP contribution in [0.25, 0.3) is 11.1 Å². The van der Waals surface area contributed by atoms with Crippen LogP contribution in [0.3, 0.4) is 0 Å². The van der Waals surface area contributed by atoms with Crippen molar-refractivity contribution in [3.05, 3.63) is 84.7 Å². The van der Waals surface area contributed by atoms with Crippen LogP contribution in [-0.2, 0) is 9.59 Å². The molecule has 6 nitrogen and oxygen atoms in total. The predicted molar refractivity (Wildman–Crippen MR) is 133 cm³/mol. The molecule has 3 aromatic carbocycles. The molecule has 1 aliphatic rings. The molecule has 4 rings (SSSR count). The lowest BCUT2D eigenvalue weighted by atomic mass is 10.0. The number of carbonyl (C=O) groups excluding carboxylic acids is 2. The fourth-order valence-electron chi connectivity index (χ4n) is 4.11. The zero-order valence-electron chi connectivity index (χ0n) is 19.2. The largest absolute Gasteiger partial charge is 0.325 e. The summed E-state index contributed by atoms with van der Waals surface area (Å²) in [5.74, 6) is -0.523. The van der Waals surface area contributed by atoms with E-state index in [0.717, 1.165) is 16.8 Å². The smallest absolute Gasteiger partial charge is 0.241 e. The number of para-hydroxylation sites is 1. The van der Waals surface area contributed by atoms with Crippen molar-refractivity contribution in [1.29, 1.82) is 0 Å². The summed E-state index contributed by atoms with van der Waals surface area (Å²) in [5.41, 5.74) is 3.41. The normalized spacial score (nSPS) is 15.5. The molecule has 1 atom stereocenters. The second-order valence-electron chi connectivity index (χ2n) is 8.44. The van der Waals surface area contributed by atoms with Crippen LogP contribution in [0, 0.1) is 5.82 Å². The third kappa shape index (κ3) is 6.07. The topological polar surface area (TPSA) is 64.7 Å². The number of anilines is 2. The number of nitrogens with one attached hydrogen (secondary N) is 2. The van der Waals surface area contributed by atoms with Gasteiger partial charge in [-0.3, -0.25) is 19.4 Å². The van der Waals surface area contributed by atoms with Crippen molar-refractivity contribution in [2.45, 2.75) is 13.0 Å². The van der Waals surface area contributed by atoms with Crippen LogP contribution >= 0.6 is 0 Å². The highest BCUT2D eigenvalue weighted by atomic mass is 19.1. The average Bonchev–Trinajstić information content (AvgIpc) is 2.86. The molecule has 1 heterocycles. The molecule has 3 aromatic rings. The van der Waals surface area contributed by atoms with Gasteiger partial charge in [-0.15, -0.1) is 0 Å². The van der Waals surface area contributed by atoms with Gasteiger partial charge in [0.1, 0.15) is 5.82 Å². The summed E-state index contributed by atoms with van der Waals surface area (Å²) in [5, 5.41) is 5.89. The van der Waals surface area contributed by atoms with Crippen molar-refractivity contribution in [2.75, 3.05) is 43.4 Å². The monoisotopic (exact) mass is 460 g/mol. The first-order valence-corrected chi connectivity index (χ1v) is 11.5. The summed E-state index contributed by atoms with van der Waals surface area (Å²) in [4.78, 5) is 29.5. The van der Waals surface area contributed by atoms with Gasteiger partial charge in [0.25, 0.3) is 0 Å². The second kappa shape index (κ2) is 11.0. The van der Waals surface area contributed by atoms with Gasteiger partial charge in [-0.25, -0.2) is 4.39 Å². The first kappa shape index (κ1) is 23.6. The zero-order valence-corrected chi connectivity index (χ0v) is 19.2. The van der Waals surface area contributed by atoms with Gasteiger partial charge in [0, 0.05) is 43.1 Å². The fraction of sp³-hybridized carbons (Fsp3) is 0.259. The van der Waals surface area contributed by atoms with Gasteiger partial charge >= 0.3 is 0 Å². The number of hydrogen-bond donors (Lipinski definition) is 2. The lowest BCUT2D eigenvalue weighted by Crippen LogP contribution is -2.53. The van der Waals surface area contributed by atoms with E-state index in [9.17, 15) is 14.0 Å². The number of carbonyl (C=O) groups is 2. The Hall–Kier alpha value is -3.55. The third-order valence-corrected chi connectivity index (χ3v) is 6.10. The van der Waals surface area contributed by atoms with Crippen molar-refractivity contribution in [3.8, 4) is 11.1 Å². The molecule has 34 heavy (non-hydrogen) atoms. The quantitative estimate of drug-likeness (QED) is 0.558. The SMILES string of the molecule is CC(C(=O)Nc1ccccc1-c1ccccc1)N1CCN(CC(=O)Nc2ccc(F)cc2)CC1. The summed E-state index contributed by atoms with van der Waals surface area (Å²) in [7, 11) is 0. The molecule has 1 unspecified atom stereocenters. The van der Waals surface area contributed by atoms with Gasteiger partial charge in [0.15, 0.2) is 0 Å². The molecule has 1 saturated heterocycles. The van der Waals surface area contributed by atoms with Gasteiger partial charge in [0.05, 0.1) is 12.6 Å². The van der Waals surface area contributed by atoms with Crippen LogP contribution in [0.2, 0.25) is 0 Å². The number of rotatable bonds is 7. The van der Waals surface area contributed by atoms with E-state index in [4.69, 9.17) is 0 Å². The van der Waals surface area contributed by atoms with Crippen molar-refractivity contribution < 1.29 is 14.0 Å². The van der Waals surface area contributed by atoms with Crippen LogP contribution in [0.5, 0.6) is 0 Å². The Bertz CT molecular complexity index is 1110. The number of piperazine rings is 1. The summed E-state index contributed by atoms with van der Waals surface area (Å²) >= 11 is 0. The molecule has 2 N–H and O–H groups in total. The lowest BCUT2D eigenvalue weighted by Gasteiger charge is -2.37. The fourth-order valence-corrected chi connectivity index (χ4v) is 4.11. The Morgan fingerprint density at radius 3 is 2.21 bits per heavy atom. The number of hydrogen-bond acceptors (Lipinski definition) is 4. The minimum atomic E-state index is -0.337. The van der Waals surface area contributed by atoms with E-state index in [2.05, 4.69) is 20.4 Å². The third-order valence-electron chi connectivity index (χ3n) is 6.10. The number of amides is 2. The standard InChI is InChI=1S/C27H29FN4O2/c1-20(27(34)30-25-10-6-5-9-24(25)21-7-3-2-4-8-21)32-17-15-31(16-18-32)19-26(33)29-23-13-11-22(28)12-14-23/h2-14,20H,15-19H2,1H3,(H,29,33)(H,30,34). The Morgan fingerprint density at radius 2 is 1.50 bits per heavy atom. The molecule has 1 aliphatic heterocycles. The van der Waals surface area contributed by atoms with E-state index < -0.39 is 0 Å². The summed E-state index contributed by atoms with van der Waals surface area (Å²) in [6.45, 7) is 4.94. The summed E-state index contributed by atoms with van der Waals surface area (Å²) in [6.07, 6.45) is 0. The van der Waals surface area contributed by atoms with Gasteiger partial charge < -0.3 is 10.6 Å². The van der Waals surface area contributed by atoms with Gasteiger partial charge in [0.2, 0.25) is 11.8 Å². The van der Waals surface area contributed by atoms with Crippen LogP contribution in [0.1, 0.15) is 6.92 Å². The van der Waals surface area contributed by atoms with E-state index >= 15 is 0 Å². The van der Waals surface area contributed by atoms with Crippen LogP contribution in [-0.4, -0.2) is 60.4 Å². The molecule has 0 bridgehead atoms. The molecule has 0 aliphatic carbocycles. The number of nitrogens with zero attached hydrogens (tertiary/aromatic N) is 2. The zero-order chi connectivity index (χ0) is 23.9. The van der Waals surface area contributed by atoms with Crippen molar-refractivity contribution >= 4 is 23.2 Å². The Kier molecular flexibility index (Phi) is 7.67. The molecule has 7 heteroatoms. The van der Waals surface area contributed by atoms with E-state index in [0.29, 0.717) is 31.9 Å². The van der Waals surface area contributed by atoms with E-state index in [1.807, 2.05) is 61.5 Å². The Morgan fingerprint density at radius 1 is 0.853 bits per heavy atom. The van der Waals surface area contributed by atoms with E-state index in [1.54, 1.807) is 12.1 Å². The maximum atomic E-state index is 13.0. The minimum absolute atomic E-state index is 0.0501. The molecule has 2 amide bonds. The molecule has 0 aromatic heterocycles. The van der Waals surface area contributed by atoms with Gasteiger partial charge in [-0.05, 0) is 42.8 Å². The van der Waals surface area contributed by atoms with Crippen molar-refractivity contribution in [2.24, 2.45) is 0 Å². The molecule has 0 saturated carbocycles. The predicted octanol–water partition coefficient (Wildman–Crippen LogP) is 4.08. The van der Waals surface area contributed by atoms with Crippen LogP contribution < -0.4 is 10.6 Å². The highest BCUT2D eigenvalue weighted by Crippen LogP contribution is 2.27. The maximum absolute atomic E-state index is 13.0.